The number of rotatable bonds is 12. The molecule has 10 rings (SSSR count). The first-order chi connectivity index (χ1) is 32.7. The monoisotopic (exact) mass is 898 g/mol. The largest absolute Gasteiger partial charge is 0.348 e. The van der Waals surface area contributed by atoms with Crippen LogP contribution in [0.2, 0.25) is 0 Å². The Morgan fingerprint density at radius 3 is 1.39 bits per heavy atom. The first kappa shape index (κ1) is 45.0. The van der Waals surface area contributed by atoms with Gasteiger partial charge in [-0.15, -0.1) is 0 Å². The summed E-state index contributed by atoms with van der Waals surface area (Å²) in [5, 5.41) is 10.2. The summed E-state index contributed by atoms with van der Waals surface area (Å²) in [4.78, 5) is 30.8. The Morgan fingerprint density at radius 2 is 0.955 bits per heavy atom. The lowest BCUT2D eigenvalue weighted by Crippen LogP contribution is -2.29. The normalized spacial score (nSPS) is 15.6. The molecule has 342 valence electrons. The third-order valence-electron chi connectivity index (χ3n) is 12.6. The van der Waals surface area contributed by atoms with Gasteiger partial charge in [-0.3, -0.25) is 9.13 Å². The van der Waals surface area contributed by atoms with E-state index in [2.05, 4.69) is 88.4 Å². The van der Waals surface area contributed by atoms with Crippen molar-refractivity contribution >= 4 is 11.9 Å². The summed E-state index contributed by atoms with van der Waals surface area (Å²) in [6.45, 7) is 8.27. The van der Waals surface area contributed by atoms with Crippen LogP contribution in [0.3, 0.4) is 0 Å². The van der Waals surface area contributed by atoms with Crippen molar-refractivity contribution in [2.24, 2.45) is 0 Å². The van der Waals surface area contributed by atoms with E-state index in [0.29, 0.717) is 23.7 Å². The Morgan fingerprint density at radius 1 is 0.537 bits per heavy atom. The van der Waals surface area contributed by atoms with E-state index in [1.54, 1.807) is 36.7 Å². The van der Waals surface area contributed by atoms with Crippen LogP contribution >= 0.6 is 0 Å². The van der Waals surface area contributed by atoms with Gasteiger partial charge in [-0.25, -0.2) is 28.7 Å². The minimum atomic E-state index is -0.265. The zero-order valence-corrected chi connectivity index (χ0v) is 38.1. The standard InChI is InChI=1S/C27H29FN6.C26H27FN6/c1-19(20-6-4-3-5-7-20)30-27-29-15-12-25(32-27)34-18-24(21-13-16-33(2)17-14-21)31-26(34)22-8-10-23(28)11-9-22;1-18(19-5-3-2-4-6-19)30-26-29-16-13-24(32-26)33-17-23(20-11-14-28-15-12-20)31-25(33)21-7-9-22(27)10-8-21/h3-12,15,18-19,21H,13-14,16-17H2,1-2H3,(H,29,30,32);2-10,13,16-18,20,28H,11-12,14-15H2,1H3,(H,29,30,32)/t19-;18-/m00/s1. The first-order valence-electron chi connectivity index (χ1n) is 23.1. The minimum Gasteiger partial charge on any atom is -0.348 e. The molecule has 0 amide bonds. The van der Waals surface area contributed by atoms with Crippen LogP contribution in [0.15, 0.2) is 146 Å². The quantitative estimate of drug-likeness (QED) is 0.109. The highest BCUT2D eigenvalue weighted by Gasteiger charge is 2.25. The van der Waals surface area contributed by atoms with Crippen LogP contribution in [0, 0.1) is 11.6 Å². The van der Waals surface area contributed by atoms with Gasteiger partial charge in [0, 0.05) is 47.8 Å². The number of anilines is 2. The number of aromatic nitrogens is 8. The minimum absolute atomic E-state index is 0.0607. The van der Waals surface area contributed by atoms with Crippen LogP contribution in [0.1, 0.15) is 86.0 Å². The Bertz CT molecular complexity index is 2820. The van der Waals surface area contributed by atoms with E-state index >= 15 is 0 Å². The van der Waals surface area contributed by atoms with Crippen LogP contribution in [-0.4, -0.2) is 77.2 Å². The number of nitrogens with zero attached hydrogens (tertiary/aromatic N) is 9. The summed E-state index contributed by atoms with van der Waals surface area (Å²) < 4.78 is 31.2. The molecule has 12 nitrogen and oxygen atoms in total. The van der Waals surface area contributed by atoms with Gasteiger partial charge < -0.3 is 20.9 Å². The molecule has 8 aromatic rings. The SMILES string of the molecule is C[C@H](Nc1nccc(-n2cc(C3CCN(C)CC3)nc2-c2ccc(F)cc2)n1)c1ccccc1.C[C@H](Nc1nccc(-n2cc(C3CCNCC3)nc2-c2ccc(F)cc2)n1)c1ccccc1. The predicted octanol–water partition coefficient (Wildman–Crippen LogP) is 10.6. The average molecular weight is 899 g/mol. The van der Waals surface area contributed by atoms with Gasteiger partial charge in [-0.1, -0.05) is 60.7 Å². The highest BCUT2D eigenvalue weighted by Crippen LogP contribution is 2.33. The summed E-state index contributed by atoms with van der Waals surface area (Å²) in [7, 11) is 2.16. The van der Waals surface area contributed by atoms with Crippen LogP contribution in [0.25, 0.3) is 34.4 Å². The molecule has 0 bridgehead atoms. The number of halogens is 2. The number of hydrogen-bond acceptors (Lipinski definition) is 10. The van der Waals surface area contributed by atoms with Crippen LogP contribution in [0.4, 0.5) is 20.7 Å². The van der Waals surface area contributed by atoms with Gasteiger partial charge in [0.25, 0.3) is 0 Å². The fourth-order valence-electron chi connectivity index (χ4n) is 8.71. The fourth-order valence-corrected chi connectivity index (χ4v) is 8.71. The van der Waals surface area contributed by atoms with Crippen molar-refractivity contribution in [2.45, 2.75) is 63.5 Å². The molecule has 14 heteroatoms. The predicted molar refractivity (Wildman–Crippen MR) is 260 cm³/mol. The van der Waals surface area contributed by atoms with E-state index in [1.807, 2.05) is 57.7 Å². The number of likely N-dealkylation sites (tertiary alicyclic amines) is 1. The lowest BCUT2D eigenvalue weighted by molar-refractivity contribution is 0.253. The second-order valence-corrected chi connectivity index (χ2v) is 17.4. The summed E-state index contributed by atoms with van der Waals surface area (Å²) in [5.41, 5.74) is 6.12. The number of benzene rings is 4. The van der Waals surface area contributed by atoms with Gasteiger partial charge in [0.05, 0.1) is 23.5 Å². The Balaban J connectivity index is 0.000000168. The maximum atomic E-state index is 13.6. The van der Waals surface area contributed by atoms with Gasteiger partial charge in [-0.05, 0) is 145 Å². The lowest BCUT2D eigenvalue weighted by atomic mass is 9.94. The Labute approximate surface area is 390 Å². The van der Waals surface area contributed by atoms with Gasteiger partial charge in [-0.2, -0.15) is 9.97 Å². The molecule has 0 radical (unpaired) electrons. The fraction of sp³-hybridized carbons (Fsp3) is 0.283. The summed E-state index contributed by atoms with van der Waals surface area (Å²) in [5.74, 6) is 4.32. The molecule has 0 unspecified atom stereocenters. The van der Waals surface area contributed by atoms with Crippen molar-refractivity contribution in [3.8, 4) is 34.4 Å². The summed E-state index contributed by atoms with van der Waals surface area (Å²) >= 11 is 0. The molecular formula is C53H56F2N12. The van der Waals surface area contributed by atoms with E-state index in [-0.39, 0.29) is 23.7 Å². The molecule has 2 aliphatic rings. The van der Waals surface area contributed by atoms with Crippen molar-refractivity contribution in [3.63, 3.8) is 0 Å². The third kappa shape index (κ3) is 11.1. The maximum Gasteiger partial charge on any atom is 0.225 e. The van der Waals surface area contributed by atoms with Crippen molar-refractivity contribution in [3.05, 3.63) is 180 Å². The molecule has 0 spiro atoms. The molecule has 4 aromatic carbocycles. The van der Waals surface area contributed by atoms with E-state index in [1.165, 1.54) is 24.3 Å². The van der Waals surface area contributed by atoms with Gasteiger partial charge in [0.1, 0.15) is 34.9 Å². The van der Waals surface area contributed by atoms with E-state index in [0.717, 1.165) is 109 Å². The highest BCUT2D eigenvalue weighted by atomic mass is 19.1. The average Bonchev–Trinajstić information content (AvgIpc) is 4.03. The Kier molecular flexibility index (Phi) is 14.1. The smallest absolute Gasteiger partial charge is 0.225 e. The molecule has 2 fully saturated rings. The molecule has 6 heterocycles. The van der Waals surface area contributed by atoms with Crippen molar-refractivity contribution in [1.29, 1.82) is 0 Å². The zero-order chi connectivity index (χ0) is 46.1. The number of piperidine rings is 2. The van der Waals surface area contributed by atoms with Crippen LogP contribution in [-0.2, 0) is 0 Å². The van der Waals surface area contributed by atoms with E-state index < -0.39 is 0 Å². The molecule has 3 N–H and O–H groups in total. The molecular weight excluding hydrogens is 843 g/mol. The Hall–Kier alpha value is -7.16. The second-order valence-electron chi connectivity index (χ2n) is 17.4. The van der Waals surface area contributed by atoms with Crippen molar-refractivity contribution < 1.29 is 8.78 Å². The van der Waals surface area contributed by atoms with Gasteiger partial charge in [0.15, 0.2) is 0 Å². The maximum absolute atomic E-state index is 13.6. The highest BCUT2D eigenvalue weighted by molar-refractivity contribution is 5.60. The van der Waals surface area contributed by atoms with Crippen molar-refractivity contribution in [1.82, 2.24) is 49.3 Å². The van der Waals surface area contributed by atoms with E-state index in [4.69, 9.17) is 19.9 Å². The molecule has 2 aliphatic heterocycles. The number of nitrogens with one attached hydrogen (secondary N) is 3. The van der Waals surface area contributed by atoms with Crippen LogP contribution in [0.5, 0.6) is 0 Å². The molecule has 0 aliphatic carbocycles. The number of hydrogen-bond donors (Lipinski definition) is 3. The summed E-state index contributed by atoms with van der Waals surface area (Å²) in [6, 6.07) is 37.2. The van der Waals surface area contributed by atoms with Gasteiger partial charge in [0.2, 0.25) is 11.9 Å². The number of imidazole rings is 2. The molecule has 4 aromatic heterocycles. The van der Waals surface area contributed by atoms with E-state index in [9.17, 15) is 8.78 Å². The topological polar surface area (TPSA) is 127 Å². The van der Waals surface area contributed by atoms with Gasteiger partial charge >= 0.3 is 0 Å². The van der Waals surface area contributed by atoms with Crippen molar-refractivity contribution in [2.75, 3.05) is 43.9 Å². The molecule has 2 atom stereocenters. The lowest BCUT2D eigenvalue weighted by Gasteiger charge is -2.27. The summed E-state index contributed by atoms with van der Waals surface area (Å²) in [6.07, 6.45) is 11.9. The second kappa shape index (κ2) is 21.0. The molecule has 0 saturated carbocycles. The third-order valence-corrected chi connectivity index (χ3v) is 12.6. The zero-order valence-electron chi connectivity index (χ0n) is 38.1. The molecule has 67 heavy (non-hydrogen) atoms. The first-order valence-corrected chi connectivity index (χ1v) is 23.1. The van der Waals surface area contributed by atoms with Crippen LogP contribution < -0.4 is 16.0 Å². The molecule has 2 saturated heterocycles.